The van der Waals surface area contributed by atoms with Gasteiger partial charge in [-0.05, 0) is 31.6 Å². The lowest BCUT2D eigenvalue weighted by molar-refractivity contribution is -0.152. The van der Waals surface area contributed by atoms with Crippen molar-refractivity contribution in [1.29, 1.82) is 0 Å². The number of hydrogen-bond acceptors (Lipinski definition) is 3. The summed E-state index contributed by atoms with van der Waals surface area (Å²) in [5.74, 6) is 0.941. The van der Waals surface area contributed by atoms with E-state index < -0.39 is 0 Å². The van der Waals surface area contributed by atoms with Crippen molar-refractivity contribution in [1.82, 2.24) is 0 Å². The molecule has 0 aliphatic carbocycles. The second-order valence-electron chi connectivity index (χ2n) is 6.37. The number of esters is 1. The Morgan fingerprint density at radius 1 is 1.00 bits per heavy atom. The molecule has 21 heavy (non-hydrogen) atoms. The normalized spacial score (nSPS) is 14.2. The molecule has 2 unspecified atom stereocenters. The van der Waals surface area contributed by atoms with Crippen molar-refractivity contribution in [2.24, 2.45) is 17.8 Å². The van der Waals surface area contributed by atoms with Gasteiger partial charge >= 0.3 is 5.97 Å². The van der Waals surface area contributed by atoms with E-state index in [0.717, 1.165) is 25.7 Å². The monoisotopic (exact) mass is 300 g/mol. The van der Waals surface area contributed by atoms with E-state index in [2.05, 4.69) is 27.7 Å². The van der Waals surface area contributed by atoms with Gasteiger partial charge in [-0.1, -0.05) is 53.4 Å². The Kier molecular flexibility index (Phi) is 12.8. The van der Waals surface area contributed by atoms with Crippen molar-refractivity contribution in [3.63, 3.8) is 0 Å². The van der Waals surface area contributed by atoms with Crippen LogP contribution in [-0.4, -0.2) is 25.8 Å². The number of carbonyl (C=O) groups excluding carboxylic acids is 1. The van der Waals surface area contributed by atoms with Crippen molar-refractivity contribution in [3.8, 4) is 0 Å². The zero-order chi connectivity index (χ0) is 16.1. The van der Waals surface area contributed by atoms with E-state index in [4.69, 9.17) is 9.47 Å². The topological polar surface area (TPSA) is 35.5 Å². The summed E-state index contributed by atoms with van der Waals surface area (Å²) in [5.41, 5.74) is 0. The van der Waals surface area contributed by atoms with Crippen LogP contribution in [0.25, 0.3) is 0 Å². The molecule has 0 amide bonds. The maximum atomic E-state index is 12.3. The highest BCUT2D eigenvalue weighted by atomic mass is 16.5. The lowest BCUT2D eigenvalue weighted by Crippen LogP contribution is -2.25. The summed E-state index contributed by atoms with van der Waals surface area (Å²) in [7, 11) is 0. The fourth-order valence-electron chi connectivity index (χ4n) is 2.28. The van der Waals surface area contributed by atoms with E-state index in [-0.39, 0.29) is 11.9 Å². The molecule has 2 atom stereocenters. The fraction of sp³-hybridized carbons (Fsp3) is 0.944. The van der Waals surface area contributed by atoms with Gasteiger partial charge in [0.2, 0.25) is 0 Å². The highest BCUT2D eigenvalue weighted by Gasteiger charge is 2.21. The van der Waals surface area contributed by atoms with Crippen LogP contribution in [-0.2, 0) is 14.3 Å². The van der Waals surface area contributed by atoms with E-state index in [1.54, 1.807) is 0 Å². The molecule has 0 aliphatic rings. The zero-order valence-electron chi connectivity index (χ0n) is 14.8. The molecule has 0 saturated carbocycles. The maximum Gasteiger partial charge on any atom is 0.311 e. The van der Waals surface area contributed by atoms with Gasteiger partial charge in [-0.15, -0.1) is 0 Å². The number of unbranched alkanes of at least 4 members (excludes halogenated alkanes) is 1. The first-order valence-electron chi connectivity index (χ1n) is 8.79. The standard InChI is InChI=1S/C18H36O3/c1-6-9-10-16(7-2)13-21-18(19)17(14-20-8-3)12-11-15(4)5/h15-17H,6-14H2,1-5H3. The van der Waals surface area contributed by atoms with Crippen LogP contribution in [0.4, 0.5) is 0 Å². The molecule has 0 saturated heterocycles. The minimum atomic E-state index is -0.101. The molecular weight excluding hydrogens is 264 g/mol. The second-order valence-corrected chi connectivity index (χ2v) is 6.37. The number of carbonyl (C=O) groups is 1. The SMILES string of the molecule is CCCCC(CC)COC(=O)C(CCC(C)C)COCC. The Morgan fingerprint density at radius 3 is 2.24 bits per heavy atom. The molecule has 0 bridgehead atoms. The summed E-state index contributed by atoms with van der Waals surface area (Å²) >= 11 is 0. The molecule has 0 radical (unpaired) electrons. The third kappa shape index (κ3) is 10.8. The fourth-order valence-corrected chi connectivity index (χ4v) is 2.28. The van der Waals surface area contributed by atoms with Crippen molar-refractivity contribution < 1.29 is 14.3 Å². The van der Waals surface area contributed by atoms with Gasteiger partial charge in [0.1, 0.15) is 0 Å². The maximum absolute atomic E-state index is 12.3. The van der Waals surface area contributed by atoms with Gasteiger partial charge in [0, 0.05) is 6.61 Å². The minimum Gasteiger partial charge on any atom is -0.465 e. The van der Waals surface area contributed by atoms with Crippen molar-refractivity contribution in [2.75, 3.05) is 19.8 Å². The molecule has 0 rings (SSSR count). The summed E-state index contributed by atoms with van der Waals surface area (Å²) in [6.07, 6.45) is 6.55. The average Bonchev–Trinajstić information content (AvgIpc) is 2.47. The molecule has 0 aromatic rings. The van der Waals surface area contributed by atoms with Crippen molar-refractivity contribution in [2.45, 2.75) is 73.1 Å². The Labute approximate surface area is 131 Å². The second kappa shape index (κ2) is 13.1. The molecule has 126 valence electrons. The first-order chi connectivity index (χ1) is 10.0. The molecule has 0 aromatic carbocycles. The van der Waals surface area contributed by atoms with Crippen LogP contribution >= 0.6 is 0 Å². The molecule has 0 heterocycles. The molecule has 3 heteroatoms. The Morgan fingerprint density at radius 2 is 1.71 bits per heavy atom. The smallest absolute Gasteiger partial charge is 0.311 e. The van der Waals surface area contributed by atoms with Crippen LogP contribution < -0.4 is 0 Å². The van der Waals surface area contributed by atoms with Crippen LogP contribution in [0.1, 0.15) is 73.1 Å². The summed E-state index contributed by atoms with van der Waals surface area (Å²) in [5, 5.41) is 0. The van der Waals surface area contributed by atoms with Gasteiger partial charge in [-0.3, -0.25) is 4.79 Å². The van der Waals surface area contributed by atoms with Crippen LogP contribution in [0, 0.1) is 17.8 Å². The Hall–Kier alpha value is -0.570. The predicted octanol–water partition coefficient (Wildman–Crippen LogP) is 4.83. The third-order valence-electron chi connectivity index (χ3n) is 3.95. The molecule has 0 fully saturated rings. The van der Waals surface area contributed by atoms with Crippen LogP contribution in [0.3, 0.4) is 0 Å². The molecular formula is C18H36O3. The van der Waals surface area contributed by atoms with Gasteiger partial charge < -0.3 is 9.47 Å². The zero-order valence-corrected chi connectivity index (χ0v) is 14.8. The van der Waals surface area contributed by atoms with Gasteiger partial charge in [0.15, 0.2) is 0 Å². The molecule has 0 aromatic heterocycles. The molecule has 0 N–H and O–H groups in total. The van der Waals surface area contributed by atoms with E-state index in [1.165, 1.54) is 12.8 Å². The first-order valence-corrected chi connectivity index (χ1v) is 8.79. The van der Waals surface area contributed by atoms with Gasteiger partial charge in [-0.25, -0.2) is 0 Å². The summed E-state index contributed by atoms with van der Waals surface area (Å²) < 4.78 is 11.0. The van der Waals surface area contributed by atoms with Gasteiger partial charge in [0.05, 0.1) is 19.1 Å². The Bertz CT molecular complexity index is 251. The lowest BCUT2D eigenvalue weighted by atomic mass is 9.98. The van der Waals surface area contributed by atoms with Crippen LogP contribution in [0.5, 0.6) is 0 Å². The van der Waals surface area contributed by atoms with E-state index in [0.29, 0.717) is 31.7 Å². The average molecular weight is 300 g/mol. The highest BCUT2D eigenvalue weighted by molar-refractivity contribution is 5.72. The Balaban J connectivity index is 4.23. The summed E-state index contributed by atoms with van der Waals surface area (Å²) in [6, 6.07) is 0. The summed E-state index contributed by atoms with van der Waals surface area (Å²) in [4.78, 5) is 12.3. The largest absolute Gasteiger partial charge is 0.465 e. The van der Waals surface area contributed by atoms with Gasteiger partial charge in [-0.2, -0.15) is 0 Å². The van der Waals surface area contributed by atoms with Crippen molar-refractivity contribution >= 4 is 5.97 Å². The quantitative estimate of drug-likeness (QED) is 0.457. The van der Waals surface area contributed by atoms with E-state index in [1.807, 2.05) is 6.92 Å². The van der Waals surface area contributed by atoms with Crippen molar-refractivity contribution in [3.05, 3.63) is 0 Å². The summed E-state index contributed by atoms with van der Waals surface area (Å²) in [6.45, 7) is 12.4. The van der Waals surface area contributed by atoms with E-state index in [9.17, 15) is 4.79 Å². The number of rotatable bonds is 13. The number of hydrogen-bond donors (Lipinski definition) is 0. The predicted molar refractivity (Wildman–Crippen MR) is 88.3 cm³/mol. The van der Waals surface area contributed by atoms with E-state index >= 15 is 0 Å². The minimum absolute atomic E-state index is 0.0703. The first kappa shape index (κ1) is 20.4. The highest BCUT2D eigenvalue weighted by Crippen LogP contribution is 2.17. The van der Waals surface area contributed by atoms with Crippen LogP contribution in [0.15, 0.2) is 0 Å². The molecule has 3 nitrogen and oxygen atoms in total. The molecule has 0 aliphatic heterocycles. The van der Waals surface area contributed by atoms with Gasteiger partial charge in [0.25, 0.3) is 0 Å². The number of ether oxygens (including phenoxy) is 2. The van der Waals surface area contributed by atoms with Crippen LogP contribution in [0.2, 0.25) is 0 Å². The lowest BCUT2D eigenvalue weighted by Gasteiger charge is -2.19. The third-order valence-corrected chi connectivity index (χ3v) is 3.95. The molecule has 0 spiro atoms.